The Labute approximate surface area is 142 Å². The Morgan fingerprint density at radius 3 is 2.12 bits per heavy atom. The molecule has 0 amide bonds. The fourth-order valence-electron chi connectivity index (χ4n) is 4.00. The topological polar surface area (TPSA) is 37.3 Å². The Hall–Kier alpha value is -1.66. The summed E-state index contributed by atoms with van der Waals surface area (Å²) in [5, 5.41) is 9.36. The van der Waals surface area contributed by atoms with Gasteiger partial charge in [-0.1, -0.05) is 12.1 Å². The molecule has 0 atom stereocenters. The Kier molecular flexibility index (Phi) is 4.54. The van der Waals surface area contributed by atoms with Gasteiger partial charge in [-0.3, -0.25) is 0 Å². The molecular weight excluding hydrogens is 343 g/mol. The van der Waals surface area contributed by atoms with Crippen molar-refractivity contribution in [3.8, 4) is 0 Å². The predicted octanol–water partition coefficient (Wildman–Crippen LogP) is 5.73. The number of benzene rings is 1. The van der Waals surface area contributed by atoms with E-state index in [0.29, 0.717) is 11.1 Å². The second-order valence-corrected chi connectivity index (χ2v) is 7.20. The molecule has 0 heterocycles. The molecule has 2 saturated carbocycles. The van der Waals surface area contributed by atoms with Crippen LogP contribution in [0.5, 0.6) is 0 Å². The number of halogens is 5. The van der Waals surface area contributed by atoms with Crippen LogP contribution in [0.1, 0.15) is 71.8 Å². The summed E-state index contributed by atoms with van der Waals surface area (Å²) in [6.45, 7) is 0. The minimum atomic E-state index is -4.22. The van der Waals surface area contributed by atoms with E-state index in [0.717, 1.165) is 0 Å². The predicted molar refractivity (Wildman–Crippen MR) is 81.1 cm³/mol. The minimum absolute atomic E-state index is 0.0288. The molecule has 0 radical (unpaired) electrons. The SMILES string of the molecule is O=C(O)c1ccc(C2CC(F)(F)C2)cc1C1CCC(C(F)(F)F)CC1. The highest BCUT2D eigenvalue weighted by Gasteiger charge is 2.46. The molecule has 138 valence electrons. The number of alkyl halides is 5. The van der Waals surface area contributed by atoms with E-state index in [1.165, 1.54) is 6.07 Å². The molecule has 1 N–H and O–H groups in total. The van der Waals surface area contributed by atoms with Crippen molar-refractivity contribution in [2.45, 2.75) is 62.5 Å². The van der Waals surface area contributed by atoms with Gasteiger partial charge in [0.25, 0.3) is 0 Å². The summed E-state index contributed by atoms with van der Waals surface area (Å²) in [6.07, 6.45) is -4.29. The normalized spacial score (nSPS) is 26.9. The molecule has 2 aliphatic rings. The van der Waals surface area contributed by atoms with Gasteiger partial charge in [-0.2, -0.15) is 13.2 Å². The molecule has 0 aliphatic heterocycles. The Morgan fingerprint density at radius 1 is 1.04 bits per heavy atom. The third kappa shape index (κ3) is 3.80. The van der Waals surface area contributed by atoms with Crippen LogP contribution in [-0.4, -0.2) is 23.2 Å². The molecule has 2 nitrogen and oxygen atoms in total. The van der Waals surface area contributed by atoms with Gasteiger partial charge >= 0.3 is 12.1 Å². The lowest BCUT2D eigenvalue weighted by Gasteiger charge is -2.36. The smallest absolute Gasteiger partial charge is 0.391 e. The Bertz CT molecular complexity index is 652. The number of carboxylic acids is 1. The molecule has 0 unspecified atom stereocenters. The summed E-state index contributed by atoms with van der Waals surface area (Å²) in [7, 11) is 0. The van der Waals surface area contributed by atoms with Crippen LogP contribution >= 0.6 is 0 Å². The zero-order valence-corrected chi connectivity index (χ0v) is 13.5. The standard InChI is InChI=1S/C18H19F5O2/c19-17(20)8-12(9-17)11-3-6-14(16(24)25)15(7-11)10-1-4-13(5-2-10)18(21,22)23/h3,6-7,10,12-13H,1-2,4-5,8-9H2,(H,24,25). The van der Waals surface area contributed by atoms with E-state index in [2.05, 4.69) is 0 Å². The van der Waals surface area contributed by atoms with Crippen molar-refractivity contribution in [1.29, 1.82) is 0 Å². The maximum absolute atomic E-state index is 13.1. The fraction of sp³-hybridized carbons (Fsp3) is 0.611. The van der Waals surface area contributed by atoms with Gasteiger partial charge < -0.3 is 5.11 Å². The van der Waals surface area contributed by atoms with Gasteiger partial charge in [0, 0.05) is 12.8 Å². The van der Waals surface area contributed by atoms with Gasteiger partial charge in [0.2, 0.25) is 5.92 Å². The second-order valence-electron chi connectivity index (χ2n) is 7.20. The van der Waals surface area contributed by atoms with Crippen molar-refractivity contribution in [2.24, 2.45) is 5.92 Å². The minimum Gasteiger partial charge on any atom is -0.478 e. The first kappa shape index (κ1) is 18.1. The maximum Gasteiger partial charge on any atom is 0.391 e. The van der Waals surface area contributed by atoms with Crippen LogP contribution in [0.15, 0.2) is 18.2 Å². The highest BCUT2D eigenvalue weighted by Crippen LogP contribution is 2.49. The van der Waals surface area contributed by atoms with Crippen molar-refractivity contribution >= 4 is 5.97 Å². The number of hydrogen-bond acceptors (Lipinski definition) is 1. The summed E-state index contributed by atoms with van der Waals surface area (Å²) in [4.78, 5) is 11.5. The lowest BCUT2D eigenvalue weighted by Crippen LogP contribution is -2.33. The van der Waals surface area contributed by atoms with E-state index >= 15 is 0 Å². The number of rotatable bonds is 3. The van der Waals surface area contributed by atoms with E-state index in [-0.39, 0.29) is 55.9 Å². The first-order chi connectivity index (χ1) is 11.6. The lowest BCUT2D eigenvalue weighted by molar-refractivity contribution is -0.182. The third-order valence-corrected chi connectivity index (χ3v) is 5.50. The number of carboxylic acid groups (broad SMARTS) is 1. The van der Waals surface area contributed by atoms with Crippen molar-refractivity contribution in [1.82, 2.24) is 0 Å². The quantitative estimate of drug-likeness (QED) is 0.697. The van der Waals surface area contributed by atoms with Crippen LogP contribution in [0.2, 0.25) is 0 Å². The van der Waals surface area contributed by atoms with E-state index in [1.54, 1.807) is 12.1 Å². The molecule has 2 aliphatic carbocycles. The highest BCUT2D eigenvalue weighted by molar-refractivity contribution is 5.89. The van der Waals surface area contributed by atoms with Gasteiger partial charge in [-0.15, -0.1) is 0 Å². The van der Waals surface area contributed by atoms with Gasteiger partial charge in [-0.25, -0.2) is 13.6 Å². The molecule has 0 saturated heterocycles. The summed E-state index contributed by atoms with van der Waals surface area (Å²) in [6, 6.07) is 4.58. The Balaban J connectivity index is 1.81. The van der Waals surface area contributed by atoms with Gasteiger partial charge in [0.05, 0.1) is 11.5 Å². The molecule has 1 aromatic carbocycles. The molecular formula is C18H19F5O2. The largest absolute Gasteiger partial charge is 0.478 e. The zero-order chi connectivity index (χ0) is 18.4. The van der Waals surface area contributed by atoms with E-state index in [4.69, 9.17) is 0 Å². The summed E-state index contributed by atoms with van der Waals surface area (Å²) < 4.78 is 64.6. The van der Waals surface area contributed by atoms with Crippen LogP contribution in [0, 0.1) is 5.92 Å². The monoisotopic (exact) mass is 362 g/mol. The Morgan fingerprint density at radius 2 is 1.64 bits per heavy atom. The van der Waals surface area contributed by atoms with Gasteiger partial charge in [0.15, 0.2) is 0 Å². The number of aromatic carboxylic acids is 1. The van der Waals surface area contributed by atoms with Crippen molar-refractivity contribution in [3.05, 3.63) is 34.9 Å². The molecule has 1 aromatic rings. The van der Waals surface area contributed by atoms with Crippen LogP contribution in [0.3, 0.4) is 0 Å². The van der Waals surface area contributed by atoms with Crippen LogP contribution in [0.25, 0.3) is 0 Å². The number of hydrogen-bond donors (Lipinski definition) is 1. The van der Waals surface area contributed by atoms with E-state index in [1.807, 2.05) is 0 Å². The van der Waals surface area contributed by atoms with Gasteiger partial charge in [-0.05, 0) is 54.7 Å². The average molecular weight is 362 g/mol. The van der Waals surface area contributed by atoms with Crippen LogP contribution in [-0.2, 0) is 0 Å². The molecule has 0 bridgehead atoms. The van der Waals surface area contributed by atoms with Crippen LogP contribution in [0.4, 0.5) is 22.0 Å². The molecule has 0 aromatic heterocycles. The molecule has 7 heteroatoms. The van der Waals surface area contributed by atoms with E-state index < -0.39 is 24.0 Å². The maximum atomic E-state index is 13.1. The summed E-state index contributed by atoms with van der Waals surface area (Å²) in [5.74, 6) is -5.75. The number of carbonyl (C=O) groups is 1. The first-order valence-electron chi connectivity index (χ1n) is 8.38. The lowest BCUT2D eigenvalue weighted by atomic mass is 9.73. The van der Waals surface area contributed by atoms with Crippen molar-refractivity contribution < 1.29 is 31.9 Å². The molecule has 3 rings (SSSR count). The van der Waals surface area contributed by atoms with Gasteiger partial charge in [0.1, 0.15) is 0 Å². The second kappa shape index (κ2) is 6.25. The molecule has 25 heavy (non-hydrogen) atoms. The van der Waals surface area contributed by atoms with Crippen molar-refractivity contribution in [2.75, 3.05) is 0 Å². The zero-order valence-electron chi connectivity index (χ0n) is 13.5. The summed E-state index contributed by atoms with van der Waals surface area (Å²) >= 11 is 0. The van der Waals surface area contributed by atoms with E-state index in [9.17, 15) is 31.9 Å². The highest BCUT2D eigenvalue weighted by atomic mass is 19.4. The van der Waals surface area contributed by atoms with Crippen LogP contribution < -0.4 is 0 Å². The molecule has 2 fully saturated rings. The average Bonchev–Trinajstić information content (AvgIpc) is 2.51. The summed E-state index contributed by atoms with van der Waals surface area (Å²) in [5.41, 5.74) is 1.20. The van der Waals surface area contributed by atoms with Crippen molar-refractivity contribution in [3.63, 3.8) is 0 Å². The third-order valence-electron chi connectivity index (χ3n) is 5.50. The fourth-order valence-corrected chi connectivity index (χ4v) is 4.00. The molecule has 0 spiro atoms. The first-order valence-corrected chi connectivity index (χ1v) is 8.38.